The van der Waals surface area contributed by atoms with Gasteiger partial charge in [-0.3, -0.25) is 20.0 Å². The van der Waals surface area contributed by atoms with E-state index in [0.29, 0.717) is 32.6 Å². The molecule has 3 aromatic heterocycles. The van der Waals surface area contributed by atoms with Crippen molar-refractivity contribution >= 4 is 45.7 Å². The summed E-state index contributed by atoms with van der Waals surface area (Å²) in [5, 5.41) is 10.2. The lowest BCUT2D eigenvalue weighted by atomic mass is 9.74. The van der Waals surface area contributed by atoms with E-state index in [4.69, 9.17) is 23.2 Å². The van der Waals surface area contributed by atoms with E-state index in [2.05, 4.69) is 39.3 Å². The Kier molecular flexibility index (Phi) is 3.77. The normalized spacial score (nSPS) is 16.0. The number of anilines is 2. The lowest BCUT2D eigenvalue weighted by Crippen LogP contribution is -2.24. The van der Waals surface area contributed by atoms with Gasteiger partial charge in [-0.2, -0.15) is 0 Å². The first-order valence-corrected chi connectivity index (χ1v) is 8.79. The first kappa shape index (κ1) is 16.4. The Balaban J connectivity index is 1.92. The molecule has 3 heterocycles. The van der Waals surface area contributed by atoms with Gasteiger partial charge in [0.25, 0.3) is 5.56 Å². The van der Waals surface area contributed by atoms with Crippen LogP contribution in [0.3, 0.4) is 0 Å². The lowest BCUT2D eigenvalue weighted by Gasteiger charge is -2.32. The molecule has 0 amide bonds. The Morgan fingerprint density at radius 2 is 1.88 bits per heavy atom. The minimum Gasteiger partial charge on any atom is -0.337 e. The molecular formula is C17H17Cl2N5O. The predicted octanol–water partition coefficient (Wildman–Crippen LogP) is 4.21. The molecule has 0 aromatic carbocycles. The highest BCUT2D eigenvalue weighted by atomic mass is 35.5. The molecule has 0 fully saturated rings. The average Bonchev–Trinajstić information content (AvgIpc) is 2.91. The quantitative estimate of drug-likeness (QED) is 0.624. The van der Waals surface area contributed by atoms with Crippen LogP contribution in [-0.2, 0) is 12.8 Å². The van der Waals surface area contributed by atoms with Gasteiger partial charge in [-0.05, 0) is 35.8 Å². The molecule has 3 N–H and O–H groups in total. The summed E-state index contributed by atoms with van der Waals surface area (Å²) >= 11 is 12.5. The maximum Gasteiger partial charge on any atom is 0.273 e. The third kappa shape index (κ3) is 2.79. The summed E-state index contributed by atoms with van der Waals surface area (Å²) in [5.41, 5.74) is 3.17. The largest absolute Gasteiger partial charge is 0.337 e. The van der Waals surface area contributed by atoms with Crippen molar-refractivity contribution in [1.82, 2.24) is 20.2 Å². The van der Waals surface area contributed by atoms with Crippen LogP contribution in [0.25, 0.3) is 11.0 Å². The molecule has 0 unspecified atom stereocenters. The van der Waals surface area contributed by atoms with E-state index in [0.717, 1.165) is 30.4 Å². The first-order valence-electron chi connectivity index (χ1n) is 8.04. The van der Waals surface area contributed by atoms with Gasteiger partial charge in [0.15, 0.2) is 5.65 Å². The Morgan fingerprint density at radius 1 is 1.16 bits per heavy atom. The SMILES string of the molecule is CC1(C)CCc2c(Nc3c(Cl)cncc3Cl)nc3[nH][nH]c(=O)c3c2C1. The fourth-order valence-corrected chi connectivity index (χ4v) is 3.89. The number of hydrogen-bond acceptors (Lipinski definition) is 4. The summed E-state index contributed by atoms with van der Waals surface area (Å²) < 4.78 is 0. The fraction of sp³-hybridized carbons (Fsp3) is 0.353. The van der Waals surface area contributed by atoms with Crippen molar-refractivity contribution in [2.24, 2.45) is 5.41 Å². The van der Waals surface area contributed by atoms with Crippen LogP contribution < -0.4 is 10.9 Å². The van der Waals surface area contributed by atoms with Crippen LogP contribution >= 0.6 is 23.2 Å². The van der Waals surface area contributed by atoms with Crippen molar-refractivity contribution in [2.75, 3.05) is 5.32 Å². The molecule has 0 radical (unpaired) electrons. The van der Waals surface area contributed by atoms with Crippen LogP contribution in [0.2, 0.25) is 10.0 Å². The van der Waals surface area contributed by atoms with Crippen LogP contribution in [-0.4, -0.2) is 20.2 Å². The predicted molar refractivity (Wildman–Crippen MR) is 100 cm³/mol. The van der Waals surface area contributed by atoms with Crippen LogP contribution in [0.1, 0.15) is 31.4 Å². The summed E-state index contributed by atoms with van der Waals surface area (Å²) in [7, 11) is 0. The number of rotatable bonds is 2. The van der Waals surface area contributed by atoms with Crippen molar-refractivity contribution in [3.63, 3.8) is 0 Å². The van der Waals surface area contributed by atoms with Crippen LogP contribution in [0.5, 0.6) is 0 Å². The molecule has 3 aromatic rings. The molecule has 0 saturated heterocycles. The smallest absolute Gasteiger partial charge is 0.273 e. The number of fused-ring (bicyclic) bond motifs is 3. The highest BCUT2D eigenvalue weighted by molar-refractivity contribution is 6.39. The van der Waals surface area contributed by atoms with Crippen LogP contribution in [0, 0.1) is 5.41 Å². The fourth-order valence-electron chi connectivity index (χ4n) is 3.43. The molecule has 1 aliphatic rings. The third-order valence-corrected chi connectivity index (χ3v) is 5.31. The summed E-state index contributed by atoms with van der Waals surface area (Å²) in [6.07, 6.45) is 5.72. The van der Waals surface area contributed by atoms with Crippen LogP contribution in [0.4, 0.5) is 11.5 Å². The second kappa shape index (κ2) is 5.75. The maximum absolute atomic E-state index is 12.2. The molecule has 0 bridgehead atoms. The zero-order chi connectivity index (χ0) is 17.8. The number of pyridine rings is 2. The lowest BCUT2D eigenvalue weighted by molar-refractivity contribution is 0.317. The van der Waals surface area contributed by atoms with Crippen LogP contribution in [0.15, 0.2) is 17.2 Å². The van der Waals surface area contributed by atoms with Crippen molar-refractivity contribution in [3.8, 4) is 0 Å². The van der Waals surface area contributed by atoms with E-state index >= 15 is 0 Å². The molecular weight excluding hydrogens is 361 g/mol. The highest BCUT2D eigenvalue weighted by Gasteiger charge is 2.30. The van der Waals surface area contributed by atoms with Gasteiger partial charge >= 0.3 is 0 Å². The molecule has 0 saturated carbocycles. The standard InChI is InChI=1S/C17H17Cl2N5O/c1-17(2)4-3-8-9(5-17)12-15(23-24-16(12)25)22-14(8)21-13-10(18)6-20-7-11(13)19/h6-7H,3-5H2,1-2H3,(H3,20,21,22,23,24,25). The Morgan fingerprint density at radius 3 is 2.60 bits per heavy atom. The number of nitrogens with one attached hydrogen (secondary N) is 3. The molecule has 25 heavy (non-hydrogen) atoms. The molecule has 4 rings (SSSR count). The third-order valence-electron chi connectivity index (χ3n) is 4.74. The second-order valence-corrected chi connectivity index (χ2v) is 7.98. The minimum atomic E-state index is -0.136. The topological polar surface area (TPSA) is 86.5 Å². The molecule has 130 valence electrons. The Bertz CT molecular complexity index is 1020. The maximum atomic E-state index is 12.2. The van der Waals surface area contributed by atoms with E-state index < -0.39 is 0 Å². The number of H-pyrrole nitrogens is 2. The van der Waals surface area contributed by atoms with Crippen molar-refractivity contribution in [1.29, 1.82) is 0 Å². The van der Waals surface area contributed by atoms with Crippen molar-refractivity contribution in [3.05, 3.63) is 43.9 Å². The number of aromatic amines is 2. The Hall–Kier alpha value is -2.05. The van der Waals surface area contributed by atoms with E-state index in [-0.39, 0.29) is 11.0 Å². The van der Waals surface area contributed by atoms with Gasteiger partial charge in [-0.15, -0.1) is 0 Å². The van der Waals surface area contributed by atoms with E-state index in [1.165, 1.54) is 12.4 Å². The van der Waals surface area contributed by atoms with Crippen molar-refractivity contribution in [2.45, 2.75) is 33.1 Å². The van der Waals surface area contributed by atoms with Gasteiger partial charge < -0.3 is 5.32 Å². The van der Waals surface area contributed by atoms with Gasteiger partial charge in [-0.1, -0.05) is 37.0 Å². The zero-order valence-corrected chi connectivity index (χ0v) is 15.3. The van der Waals surface area contributed by atoms with Gasteiger partial charge in [0, 0.05) is 12.4 Å². The molecule has 6 nitrogen and oxygen atoms in total. The zero-order valence-electron chi connectivity index (χ0n) is 13.8. The molecule has 0 aliphatic heterocycles. The summed E-state index contributed by atoms with van der Waals surface area (Å²) in [6, 6.07) is 0. The number of hydrogen-bond donors (Lipinski definition) is 3. The van der Waals surface area contributed by atoms with E-state index in [1.807, 2.05) is 0 Å². The van der Waals surface area contributed by atoms with E-state index in [9.17, 15) is 4.79 Å². The highest BCUT2D eigenvalue weighted by Crippen LogP contribution is 2.41. The molecule has 8 heteroatoms. The summed E-state index contributed by atoms with van der Waals surface area (Å²) in [5.74, 6) is 0.670. The first-order chi connectivity index (χ1) is 11.9. The minimum absolute atomic E-state index is 0.133. The molecule has 0 atom stereocenters. The van der Waals surface area contributed by atoms with Gasteiger partial charge in [0.1, 0.15) is 5.82 Å². The van der Waals surface area contributed by atoms with E-state index in [1.54, 1.807) is 0 Å². The van der Waals surface area contributed by atoms with Gasteiger partial charge in [0.2, 0.25) is 0 Å². The summed E-state index contributed by atoms with van der Waals surface area (Å²) in [4.78, 5) is 20.8. The second-order valence-electron chi connectivity index (χ2n) is 7.16. The summed E-state index contributed by atoms with van der Waals surface area (Å²) in [6.45, 7) is 4.43. The van der Waals surface area contributed by atoms with Gasteiger partial charge in [-0.25, -0.2) is 4.98 Å². The monoisotopic (exact) mass is 377 g/mol. The van der Waals surface area contributed by atoms with Crippen molar-refractivity contribution < 1.29 is 0 Å². The number of aromatic nitrogens is 4. The number of nitrogens with zero attached hydrogens (tertiary/aromatic N) is 2. The average molecular weight is 378 g/mol. The molecule has 1 aliphatic carbocycles. The number of halogens is 2. The Labute approximate surface area is 154 Å². The molecule has 0 spiro atoms. The van der Waals surface area contributed by atoms with Gasteiger partial charge in [0.05, 0.1) is 21.1 Å².